The van der Waals surface area contributed by atoms with Gasteiger partial charge in [-0.25, -0.2) is 0 Å². The number of anilines is 1. The van der Waals surface area contributed by atoms with Gasteiger partial charge < -0.3 is 10.1 Å². The number of ether oxygens (including phenoxy) is 1. The van der Waals surface area contributed by atoms with Crippen molar-refractivity contribution >= 4 is 28.6 Å². The molecule has 0 bridgehead atoms. The lowest BCUT2D eigenvalue weighted by Crippen LogP contribution is -2.07. The normalized spacial score (nSPS) is 12.2. The van der Waals surface area contributed by atoms with Gasteiger partial charge in [0.15, 0.2) is 0 Å². The maximum absolute atomic E-state index is 5.98. The van der Waals surface area contributed by atoms with Gasteiger partial charge in [0.25, 0.3) is 0 Å². The highest BCUT2D eigenvalue weighted by Crippen LogP contribution is 2.31. The molecule has 1 heterocycles. The van der Waals surface area contributed by atoms with E-state index < -0.39 is 0 Å². The van der Waals surface area contributed by atoms with E-state index in [2.05, 4.69) is 42.7 Å². The fourth-order valence-corrected chi connectivity index (χ4v) is 2.88. The fourth-order valence-electron chi connectivity index (χ4n) is 1.89. The zero-order valence-corrected chi connectivity index (χ0v) is 12.9. The minimum absolute atomic E-state index is 0.200. The summed E-state index contributed by atoms with van der Waals surface area (Å²) in [5.74, 6) is 0.899. The first-order valence-corrected chi connectivity index (χ1v) is 7.60. The number of halogens is 1. The van der Waals surface area contributed by atoms with E-state index in [1.54, 1.807) is 11.3 Å². The standard InChI is InChI=1S/C15H18ClNOS/c1-4-18-14-7-10(2)5-6-13(14)17-11(3)12-8-15(16)19-9-12/h5-9,11,17H,4H2,1-3H3. The average Bonchev–Trinajstić information content (AvgIpc) is 2.80. The molecule has 2 aromatic rings. The van der Waals surface area contributed by atoms with Crippen molar-refractivity contribution in [3.63, 3.8) is 0 Å². The van der Waals surface area contributed by atoms with Gasteiger partial charge in [0, 0.05) is 6.04 Å². The Kier molecular flexibility index (Phi) is 4.72. The third-order valence-corrected chi connectivity index (χ3v) is 4.01. The summed E-state index contributed by atoms with van der Waals surface area (Å²) in [6, 6.07) is 8.39. The van der Waals surface area contributed by atoms with Gasteiger partial charge in [0.1, 0.15) is 5.75 Å². The summed E-state index contributed by atoms with van der Waals surface area (Å²) in [6.07, 6.45) is 0. The van der Waals surface area contributed by atoms with Crippen LogP contribution < -0.4 is 10.1 Å². The summed E-state index contributed by atoms with van der Waals surface area (Å²) < 4.78 is 6.49. The predicted octanol–water partition coefficient (Wildman–Crippen LogP) is 5.28. The number of nitrogens with one attached hydrogen (secondary N) is 1. The molecule has 1 unspecified atom stereocenters. The fraction of sp³-hybridized carbons (Fsp3) is 0.333. The van der Waals surface area contributed by atoms with E-state index in [0.717, 1.165) is 15.8 Å². The SMILES string of the molecule is CCOc1cc(C)ccc1NC(C)c1csc(Cl)c1. The van der Waals surface area contributed by atoms with Crippen LogP contribution in [0.3, 0.4) is 0 Å². The van der Waals surface area contributed by atoms with Crippen LogP contribution in [-0.2, 0) is 0 Å². The van der Waals surface area contributed by atoms with E-state index in [-0.39, 0.29) is 6.04 Å². The molecule has 4 heteroatoms. The summed E-state index contributed by atoms with van der Waals surface area (Å²) in [6.45, 7) is 6.84. The number of hydrogen-bond acceptors (Lipinski definition) is 3. The molecule has 0 saturated carbocycles. The molecule has 1 atom stereocenters. The maximum atomic E-state index is 5.98. The molecular weight excluding hydrogens is 278 g/mol. The van der Waals surface area contributed by atoms with Gasteiger partial charge in [-0.1, -0.05) is 17.7 Å². The van der Waals surface area contributed by atoms with Gasteiger partial charge in [0.2, 0.25) is 0 Å². The summed E-state index contributed by atoms with van der Waals surface area (Å²) >= 11 is 7.53. The third kappa shape index (κ3) is 3.64. The number of benzene rings is 1. The Morgan fingerprint density at radius 3 is 2.79 bits per heavy atom. The van der Waals surface area contributed by atoms with Gasteiger partial charge in [-0.15, -0.1) is 11.3 Å². The van der Waals surface area contributed by atoms with Crippen molar-refractivity contribution < 1.29 is 4.74 Å². The molecule has 1 aromatic carbocycles. The second-order valence-corrected chi connectivity index (χ2v) is 6.03. The van der Waals surface area contributed by atoms with E-state index in [1.807, 2.05) is 13.0 Å². The van der Waals surface area contributed by atoms with Crippen molar-refractivity contribution in [2.24, 2.45) is 0 Å². The molecule has 2 nitrogen and oxygen atoms in total. The summed E-state index contributed by atoms with van der Waals surface area (Å²) in [5, 5.41) is 5.55. The van der Waals surface area contributed by atoms with E-state index >= 15 is 0 Å². The highest BCUT2D eigenvalue weighted by atomic mass is 35.5. The van der Waals surface area contributed by atoms with Gasteiger partial charge in [-0.3, -0.25) is 0 Å². The van der Waals surface area contributed by atoms with Crippen LogP contribution in [0.2, 0.25) is 4.34 Å². The third-order valence-electron chi connectivity index (χ3n) is 2.90. The van der Waals surface area contributed by atoms with Crippen LogP contribution >= 0.6 is 22.9 Å². The van der Waals surface area contributed by atoms with Crippen molar-refractivity contribution in [3.8, 4) is 5.75 Å². The molecule has 0 radical (unpaired) electrons. The quantitative estimate of drug-likeness (QED) is 0.810. The Morgan fingerprint density at radius 2 is 2.16 bits per heavy atom. The zero-order valence-electron chi connectivity index (χ0n) is 11.4. The molecule has 0 aliphatic heterocycles. The summed E-state index contributed by atoms with van der Waals surface area (Å²) in [4.78, 5) is 0. The van der Waals surface area contributed by atoms with Crippen molar-refractivity contribution in [3.05, 3.63) is 45.1 Å². The Balaban J connectivity index is 2.18. The van der Waals surface area contributed by atoms with Gasteiger partial charge in [-0.2, -0.15) is 0 Å². The van der Waals surface area contributed by atoms with E-state index in [4.69, 9.17) is 16.3 Å². The summed E-state index contributed by atoms with van der Waals surface area (Å²) in [7, 11) is 0. The second kappa shape index (κ2) is 6.31. The first kappa shape index (κ1) is 14.2. The lowest BCUT2D eigenvalue weighted by molar-refractivity contribution is 0.341. The van der Waals surface area contributed by atoms with Crippen molar-refractivity contribution in [1.82, 2.24) is 0 Å². The summed E-state index contributed by atoms with van der Waals surface area (Å²) in [5.41, 5.74) is 3.40. The Bertz CT molecular complexity index is 553. The van der Waals surface area contributed by atoms with Crippen molar-refractivity contribution in [2.75, 3.05) is 11.9 Å². The number of hydrogen-bond donors (Lipinski definition) is 1. The topological polar surface area (TPSA) is 21.3 Å². The maximum Gasteiger partial charge on any atom is 0.142 e. The predicted molar refractivity (Wildman–Crippen MR) is 83.7 cm³/mol. The molecule has 0 fully saturated rings. The highest BCUT2D eigenvalue weighted by molar-refractivity contribution is 7.14. The van der Waals surface area contributed by atoms with Crippen LogP contribution in [0.4, 0.5) is 5.69 Å². The van der Waals surface area contributed by atoms with Crippen LogP contribution in [0.25, 0.3) is 0 Å². The molecule has 1 aromatic heterocycles. The monoisotopic (exact) mass is 295 g/mol. The molecular formula is C15H18ClNOS. The van der Waals surface area contributed by atoms with Crippen LogP contribution in [0, 0.1) is 6.92 Å². The van der Waals surface area contributed by atoms with Crippen LogP contribution in [0.5, 0.6) is 5.75 Å². The minimum Gasteiger partial charge on any atom is -0.492 e. The molecule has 0 amide bonds. The van der Waals surface area contributed by atoms with Gasteiger partial charge in [0.05, 0.1) is 16.6 Å². The van der Waals surface area contributed by atoms with E-state index in [9.17, 15) is 0 Å². The van der Waals surface area contributed by atoms with Crippen LogP contribution in [0.1, 0.15) is 31.0 Å². The Labute approximate surface area is 123 Å². The van der Waals surface area contributed by atoms with E-state index in [1.165, 1.54) is 11.1 Å². The smallest absolute Gasteiger partial charge is 0.142 e. The number of aryl methyl sites for hydroxylation is 1. The van der Waals surface area contributed by atoms with Crippen molar-refractivity contribution in [2.45, 2.75) is 26.8 Å². The zero-order chi connectivity index (χ0) is 13.8. The van der Waals surface area contributed by atoms with E-state index in [0.29, 0.717) is 6.61 Å². The van der Waals surface area contributed by atoms with Crippen molar-refractivity contribution in [1.29, 1.82) is 0 Å². The molecule has 1 N–H and O–H groups in total. The van der Waals surface area contributed by atoms with Gasteiger partial charge in [-0.05, 0) is 55.5 Å². The number of rotatable bonds is 5. The molecule has 2 rings (SSSR count). The first-order chi connectivity index (χ1) is 9.10. The van der Waals surface area contributed by atoms with Gasteiger partial charge >= 0.3 is 0 Å². The van der Waals surface area contributed by atoms with Crippen LogP contribution in [-0.4, -0.2) is 6.61 Å². The molecule has 19 heavy (non-hydrogen) atoms. The molecule has 102 valence electrons. The van der Waals surface area contributed by atoms with Crippen LogP contribution in [0.15, 0.2) is 29.6 Å². The molecule has 0 spiro atoms. The minimum atomic E-state index is 0.200. The number of thiophene rings is 1. The highest BCUT2D eigenvalue weighted by Gasteiger charge is 2.11. The lowest BCUT2D eigenvalue weighted by Gasteiger charge is -2.18. The lowest BCUT2D eigenvalue weighted by atomic mass is 10.1. The Hall–Kier alpha value is -1.19. The largest absolute Gasteiger partial charge is 0.492 e. The molecule has 0 saturated heterocycles. The average molecular weight is 296 g/mol. The second-order valence-electron chi connectivity index (χ2n) is 4.48. The first-order valence-electron chi connectivity index (χ1n) is 6.34. The molecule has 0 aliphatic carbocycles. The Morgan fingerprint density at radius 1 is 1.37 bits per heavy atom. The molecule has 0 aliphatic rings.